The smallest absolute Gasteiger partial charge is 0.199 e. The standard InChI is InChI=1S/C31H46O5/c1-21-12-15-25-30(2,3)16-9-17-31(25,4)28(21)29(32)23-20-22(35-26-10-5-7-18-33-26)13-14-24(23)36-27-11-6-8-19-34-27/h13-14,20,25-29,32H,1,5-12,15-19H2,2-4H3/t25-,26?,27?,28+,29?,31-/m0/s1. The summed E-state index contributed by atoms with van der Waals surface area (Å²) in [7, 11) is 0. The van der Waals surface area contributed by atoms with Crippen LogP contribution in [0.5, 0.6) is 11.5 Å². The van der Waals surface area contributed by atoms with Crippen molar-refractivity contribution in [1.29, 1.82) is 0 Å². The van der Waals surface area contributed by atoms with Gasteiger partial charge in [0.25, 0.3) is 0 Å². The highest BCUT2D eigenvalue weighted by Crippen LogP contribution is 2.63. The SMILES string of the molecule is C=C1CC[C@H]2C(C)(C)CCC[C@]2(C)[C@H]1C(O)c1cc(OC2CCCCO2)ccc1OC1CCCCO1. The third-order valence-corrected chi connectivity index (χ3v) is 9.60. The van der Waals surface area contributed by atoms with E-state index in [-0.39, 0.29) is 29.3 Å². The van der Waals surface area contributed by atoms with Gasteiger partial charge in [0.2, 0.25) is 0 Å². The molecule has 1 aromatic rings. The monoisotopic (exact) mass is 498 g/mol. The van der Waals surface area contributed by atoms with E-state index in [0.29, 0.717) is 11.7 Å². The van der Waals surface area contributed by atoms with Crippen LogP contribution in [0.1, 0.15) is 103 Å². The zero-order valence-corrected chi connectivity index (χ0v) is 22.6. The third-order valence-electron chi connectivity index (χ3n) is 9.60. The number of hydrogen-bond donors (Lipinski definition) is 1. The summed E-state index contributed by atoms with van der Waals surface area (Å²) in [5, 5.41) is 12.2. The van der Waals surface area contributed by atoms with E-state index >= 15 is 0 Å². The Balaban J connectivity index is 1.47. The maximum atomic E-state index is 12.2. The normalized spacial score (nSPS) is 35.5. The lowest BCUT2D eigenvalue weighted by Crippen LogP contribution is -2.51. The molecule has 1 N–H and O–H groups in total. The van der Waals surface area contributed by atoms with Gasteiger partial charge in [0, 0.05) is 24.3 Å². The molecule has 5 rings (SSSR count). The highest BCUT2D eigenvalue weighted by molar-refractivity contribution is 5.43. The van der Waals surface area contributed by atoms with Gasteiger partial charge in [-0.2, -0.15) is 0 Å². The van der Waals surface area contributed by atoms with Gasteiger partial charge < -0.3 is 24.1 Å². The Bertz CT molecular complexity index is 914. The lowest BCUT2D eigenvalue weighted by atomic mass is 9.46. The Hall–Kier alpha value is -1.56. The zero-order chi connectivity index (χ0) is 25.3. The van der Waals surface area contributed by atoms with E-state index in [4.69, 9.17) is 18.9 Å². The fraction of sp³-hybridized carbons (Fsp3) is 0.742. The number of aliphatic hydroxyl groups is 1. The lowest BCUT2D eigenvalue weighted by Gasteiger charge is -2.58. The highest BCUT2D eigenvalue weighted by Gasteiger charge is 2.55. The molecule has 5 heteroatoms. The summed E-state index contributed by atoms with van der Waals surface area (Å²) in [5.74, 6) is 1.96. The summed E-state index contributed by atoms with van der Waals surface area (Å²) in [6.45, 7) is 13.2. The highest BCUT2D eigenvalue weighted by atomic mass is 16.7. The molecule has 2 aliphatic carbocycles. The molecule has 2 saturated heterocycles. The van der Waals surface area contributed by atoms with Crippen LogP contribution in [0.15, 0.2) is 30.4 Å². The van der Waals surface area contributed by atoms with Gasteiger partial charge in [-0.15, -0.1) is 0 Å². The van der Waals surface area contributed by atoms with Crippen LogP contribution in [0.2, 0.25) is 0 Å². The van der Waals surface area contributed by atoms with Gasteiger partial charge in [0.1, 0.15) is 11.5 Å². The van der Waals surface area contributed by atoms with Gasteiger partial charge in [-0.3, -0.25) is 0 Å². The molecule has 1 aromatic carbocycles. The molecule has 2 heterocycles. The number of fused-ring (bicyclic) bond motifs is 1. The van der Waals surface area contributed by atoms with Crippen LogP contribution >= 0.6 is 0 Å². The molecule has 36 heavy (non-hydrogen) atoms. The first-order chi connectivity index (χ1) is 17.3. The third kappa shape index (κ3) is 5.21. The summed E-state index contributed by atoms with van der Waals surface area (Å²) in [4.78, 5) is 0. The van der Waals surface area contributed by atoms with Crippen molar-refractivity contribution in [3.63, 3.8) is 0 Å². The molecule has 0 bridgehead atoms. The lowest BCUT2D eigenvalue weighted by molar-refractivity contribution is -0.111. The summed E-state index contributed by atoms with van der Waals surface area (Å²) in [6, 6.07) is 5.87. The van der Waals surface area contributed by atoms with Gasteiger partial charge in [0.15, 0.2) is 12.6 Å². The molecule has 4 aliphatic rings. The van der Waals surface area contributed by atoms with Crippen LogP contribution < -0.4 is 9.47 Å². The summed E-state index contributed by atoms with van der Waals surface area (Å²) in [5.41, 5.74) is 2.22. The minimum absolute atomic E-state index is 0.00154. The van der Waals surface area contributed by atoms with E-state index in [0.717, 1.165) is 82.3 Å². The molecule has 2 aliphatic heterocycles. The van der Waals surface area contributed by atoms with Crippen LogP contribution in [0.25, 0.3) is 0 Å². The first-order valence-electron chi connectivity index (χ1n) is 14.3. The van der Waals surface area contributed by atoms with Gasteiger partial charge >= 0.3 is 0 Å². The van der Waals surface area contributed by atoms with Crippen molar-refractivity contribution in [1.82, 2.24) is 0 Å². The maximum absolute atomic E-state index is 12.2. The van der Waals surface area contributed by atoms with Crippen LogP contribution in [-0.4, -0.2) is 30.9 Å². The van der Waals surface area contributed by atoms with Gasteiger partial charge in [-0.25, -0.2) is 0 Å². The quantitative estimate of drug-likeness (QED) is 0.416. The van der Waals surface area contributed by atoms with Gasteiger partial charge in [-0.05, 0) is 86.3 Å². The number of hydrogen-bond acceptors (Lipinski definition) is 5. The van der Waals surface area contributed by atoms with E-state index in [1.807, 2.05) is 18.2 Å². The van der Waals surface area contributed by atoms with E-state index in [9.17, 15) is 5.11 Å². The molecular formula is C31H46O5. The molecule has 0 aromatic heterocycles. The van der Waals surface area contributed by atoms with Crippen molar-refractivity contribution in [2.24, 2.45) is 22.7 Å². The minimum atomic E-state index is -0.714. The predicted molar refractivity (Wildman–Crippen MR) is 141 cm³/mol. The Labute approximate surface area is 217 Å². The number of ether oxygens (including phenoxy) is 4. The van der Waals surface area contributed by atoms with Crippen molar-refractivity contribution >= 4 is 0 Å². The maximum Gasteiger partial charge on any atom is 0.199 e. The number of rotatable bonds is 6. The molecule has 5 nitrogen and oxygen atoms in total. The summed E-state index contributed by atoms with van der Waals surface area (Å²) < 4.78 is 24.3. The van der Waals surface area contributed by atoms with E-state index < -0.39 is 6.10 Å². The van der Waals surface area contributed by atoms with Gasteiger partial charge in [0.05, 0.1) is 19.3 Å². The summed E-state index contributed by atoms with van der Waals surface area (Å²) >= 11 is 0. The van der Waals surface area contributed by atoms with Crippen molar-refractivity contribution in [2.75, 3.05) is 13.2 Å². The molecule has 200 valence electrons. The topological polar surface area (TPSA) is 57.2 Å². The average molecular weight is 499 g/mol. The molecule has 3 unspecified atom stereocenters. The van der Waals surface area contributed by atoms with Crippen LogP contribution in [0, 0.1) is 22.7 Å². The zero-order valence-electron chi connectivity index (χ0n) is 22.6. The second kappa shape index (κ2) is 10.7. The number of benzene rings is 1. The molecule has 0 spiro atoms. The Morgan fingerprint density at radius 2 is 1.61 bits per heavy atom. The van der Waals surface area contributed by atoms with E-state index in [2.05, 4.69) is 27.4 Å². The molecular weight excluding hydrogens is 452 g/mol. The van der Waals surface area contributed by atoms with E-state index in [1.165, 1.54) is 18.4 Å². The summed E-state index contributed by atoms with van der Waals surface area (Å²) in [6.07, 6.45) is 10.6. The van der Waals surface area contributed by atoms with Crippen molar-refractivity contribution in [3.8, 4) is 11.5 Å². The number of aliphatic hydroxyl groups excluding tert-OH is 1. The molecule has 6 atom stereocenters. The molecule has 0 amide bonds. The second-order valence-electron chi connectivity index (χ2n) is 12.5. The predicted octanol–water partition coefficient (Wildman–Crippen LogP) is 7.33. The second-order valence-corrected chi connectivity index (χ2v) is 12.5. The van der Waals surface area contributed by atoms with E-state index in [1.54, 1.807) is 0 Å². The minimum Gasteiger partial charge on any atom is -0.465 e. The molecule has 0 radical (unpaired) electrons. The Kier molecular flexibility index (Phi) is 7.72. The van der Waals surface area contributed by atoms with Crippen LogP contribution in [-0.2, 0) is 9.47 Å². The van der Waals surface area contributed by atoms with Crippen molar-refractivity contribution in [2.45, 2.75) is 110 Å². The Morgan fingerprint density at radius 1 is 0.917 bits per heavy atom. The first-order valence-corrected chi connectivity index (χ1v) is 14.3. The van der Waals surface area contributed by atoms with Gasteiger partial charge in [-0.1, -0.05) is 39.3 Å². The van der Waals surface area contributed by atoms with Crippen molar-refractivity contribution in [3.05, 3.63) is 35.9 Å². The Morgan fingerprint density at radius 3 is 2.28 bits per heavy atom. The fourth-order valence-electron chi connectivity index (χ4n) is 7.81. The van der Waals surface area contributed by atoms with Crippen LogP contribution in [0.4, 0.5) is 0 Å². The molecule has 4 fully saturated rings. The molecule has 2 saturated carbocycles. The largest absolute Gasteiger partial charge is 0.465 e. The van der Waals surface area contributed by atoms with Crippen LogP contribution in [0.3, 0.4) is 0 Å². The van der Waals surface area contributed by atoms with Crippen molar-refractivity contribution < 1.29 is 24.1 Å². The fourth-order valence-corrected chi connectivity index (χ4v) is 7.81. The first kappa shape index (κ1) is 26.1. The average Bonchev–Trinajstić information content (AvgIpc) is 2.85.